The second kappa shape index (κ2) is 7.80. The second-order valence-electron chi connectivity index (χ2n) is 8.79. The summed E-state index contributed by atoms with van der Waals surface area (Å²) in [6.07, 6.45) is 1.73. The topological polar surface area (TPSA) is 77.2 Å². The average Bonchev–Trinajstić information content (AvgIpc) is 3.08. The Labute approximate surface area is 181 Å². The first kappa shape index (κ1) is 20.5. The van der Waals surface area contributed by atoms with E-state index in [1.54, 1.807) is 6.20 Å². The normalized spacial score (nSPS) is 17.4. The van der Waals surface area contributed by atoms with Crippen LogP contribution in [0.25, 0.3) is 11.0 Å². The lowest BCUT2D eigenvalue weighted by molar-refractivity contribution is 0.184. The molecular formula is C22H27ClN6O. The van der Waals surface area contributed by atoms with E-state index in [-0.39, 0.29) is 17.5 Å². The molecule has 1 aliphatic heterocycles. The summed E-state index contributed by atoms with van der Waals surface area (Å²) < 4.78 is 0. The van der Waals surface area contributed by atoms with Crippen molar-refractivity contribution in [1.29, 1.82) is 0 Å². The molecule has 1 aromatic carbocycles. The van der Waals surface area contributed by atoms with Crippen LogP contribution >= 0.6 is 11.6 Å². The van der Waals surface area contributed by atoms with Gasteiger partial charge in [0.25, 0.3) is 0 Å². The van der Waals surface area contributed by atoms with E-state index in [2.05, 4.69) is 58.1 Å². The number of urea groups is 1. The van der Waals surface area contributed by atoms with E-state index in [9.17, 15) is 4.79 Å². The van der Waals surface area contributed by atoms with Crippen molar-refractivity contribution in [3.8, 4) is 0 Å². The summed E-state index contributed by atoms with van der Waals surface area (Å²) >= 11 is 6.28. The Morgan fingerprint density at radius 3 is 2.77 bits per heavy atom. The number of aromatic amines is 1. The van der Waals surface area contributed by atoms with E-state index in [1.165, 1.54) is 5.56 Å². The number of nitrogens with one attached hydrogen (secondary N) is 2. The minimum Gasteiger partial charge on any atom is -0.352 e. The van der Waals surface area contributed by atoms with E-state index >= 15 is 0 Å². The number of amides is 2. The maximum Gasteiger partial charge on any atom is 0.324 e. The molecule has 2 amide bonds. The highest BCUT2D eigenvalue weighted by Gasteiger charge is 2.29. The Hall–Kier alpha value is -2.80. The minimum absolute atomic E-state index is 0.00805. The fourth-order valence-corrected chi connectivity index (χ4v) is 4.01. The number of aromatic nitrogens is 3. The first-order chi connectivity index (χ1) is 14.2. The Morgan fingerprint density at radius 1 is 1.27 bits per heavy atom. The van der Waals surface area contributed by atoms with Crippen LogP contribution < -0.4 is 10.2 Å². The number of H-pyrrole nitrogens is 1. The standard InChI is InChI=1S/C22H27ClN6O/c1-14-13-28(19-16(23)6-5-9-24-19)10-11-29(14)21(30)27-20-25-17-8-7-15(22(2,3)4)12-18(17)26-20/h5-9,12,14H,10-11,13H2,1-4H3,(H2,25,26,27,30)/t14-/m1/s1. The summed E-state index contributed by atoms with van der Waals surface area (Å²) in [5.74, 6) is 1.22. The number of halogens is 1. The molecule has 1 atom stereocenters. The van der Waals surface area contributed by atoms with Crippen LogP contribution in [0.2, 0.25) is 5.02 Å². The summed E-state index contributed by atoms with van der Waals surface area (Å²) in [7, 11) is 0. The molecule has 4 rings (SSSR count). The molecule has 158 valence electrons. The van der Waals surface area contributed by atoms with Crippen LogP contribution in [0.15, 0.2) is 36.5 Å². The van der Waals surface area contributed by atoms with Crippen molar-refractivity contribution in [2.75, 3.05) is 29.9 Å². The predicted molar refractivity (Wildman–Crippen MR) is 121 cm³/mol. The van der Waals surface area contributed by atoms with Gasteiger partial charge in [0.05, 0.1) is 16.1 Å². The molecule has 7 nitrogen and oxygen atoms in total. The summed E-state index contributed by atoms with van der Waals surface area (Å²) in [4.78, 5) is 29.0. The van der Waals surface area contributed by atoms with Gasteiger partial charge in [0.1, 0.15) is 5.82 Å². The third-order valence-electron chi connectivity index (χ3n) is 5.50. The van der Waals surface area contributed by atoms with Crippen molar-refractivity contribution in [3.05, 3.63) is 47.1 Å². The number of carbonyl (C=O) groups excluding carboxylic acids is 1. The first-order valence-electron chi connectivity index (χ1n) is 10.2. The molecule has 0 saturated carbocycles. The highest BCUT2D eigenvalue weighted by molar-refractivity contribution is 6.32. The van der Waals surface area contributed by atoms with Gasteiger partial charge in [-0.1, -0.05) is 38.4 Å². The number of hydrogen-bond donors (Lipinski definition) is 2. The Bertz CT molecular complexity index is 1070. The third kappa shape index (κ3) is 4.07. The van der Waals surface area contributed by atoms with Crippen LogP contribution in [0.1, 0.15) is 33.3 Å². The Balaban J connectivity index is 1.45. The molecule has 1 saturated heterocycles. The number of benzene rings is 1. The van der Waals surface area contributed by atoms with Crippen molar-refractivity contribution in [2.45, 2.75) is 39.2 Å². The molecule has 3 aromatic rings. The molecule has 1 aliphatic rings. The van der Waals surface area contributed by atoms with Gasteiger partial charge in [-0.25, -0.2) is 14.8 Å². The molecule has 0 bridgehead atoms. The second-order valence-corrected chi connectivity index (χ2v) is 9.20. The molecule has 2 N–H and O–H groups in total. The maximum atomic E-state index is 12.9. The monoisotopic (exact) mass is 426 g/mol. The predicted octanol–water partition coefficient (Wildman–Crippen LogP) is 4.65. The lowest BCUT2D eigenvalue weighted by atomic mass is 9.87. The molecule has 0 spiro atoms. The third-order valence-corrected chi connectivity index (χ3v) is 5.80. The number of piperazine rings is 1. The summed E-state index contributed by atoms with van der Waals surface area (Å²) in [6.45, 7) is 10.5. The quantitative estimate of drug-likeness (QED) is 0.625. The molecule has 1 fully saturated rings. The molecule has 0 radical (unpaired) electrons. The smallest absolute Gasteiger partial charge is 0.324 e. The number of pyridine rings is 1. The van der Waals surface area contributed by atoms with Gasteiger partial charge in [0.15, 0.2) is 0 Å². The molecular weight excluding hydrogens is 400 g/mol. The van der Waals surface area contributed by atoms with E-state index in [1.807, 2.05) is 30.0 Å². The number of fused-ring (bicyclic) bond motifs is 1. The van der Waals surface area contributed by atoms with Crippen molar-refractivity contribution in [1.82, 2.24) is 19.9 Å². The van der Waals surface area contributed by atoms with Gasteiger partial charge in [-0.3, -0.25) is 5.32 Å². The molecule has 0 aliphatic carbocycles. The fraction of sp³-hybridized carbons (Fsp3) is 0.409. The number of hydrogen-bond acceptors (Lipinski definition) is 4. The first-order valence-corrected chi connectivity index (χ1v) is 10.5. The number of rotatable bonds is 2. The Morgan fingerprint density at radius 2 is 2.07 bits per heavy atom. The van der Waals surface area contributed by atoms with E-state index in [0.29, 0.717) is 30.6 Å². The molecule has 8 heteroatoms. The number of imidazole rings is 1. The van der Waals surface area contributed by atoms with Crippen LogP contribution in [-0.4, -0.2) is 51.6 Å². The van der Waals surface area contributed by atoms with E-state index in [0.717, 1.165) is 16.9 Å². The van der Waals surface area contributed by atoms with Gasteiger partial charge < -0.3 is 14.8 Å². The average molecular weight is 427 g/mol. The number of nitrogens with zero attached hydrogens (tertiary/aromatic N) is 4. The fourth-order valence-electron chi connectivity index (χ4n) is 3.77. The number of carbonyl (C=O) groups is 1. The zero-order valence-corrected chi connectivity index (χ0v) is 18.5. The maximum absolute atomic E-state index is 12.9. The summed E-state index contributed by atoms with van der Waals surface area (Å²) in [5, 5.41) is 3.54. The van der Waals surface area contributed by atoms with Gasteiger partial charge in [-0.2, -0.15) is 0 Å². The lowest BCUT2D eigenvalue weighted by Crippen LogP contribution is -2.55. The SMILES string of the molecule is C[C@@H]1CN(c2ncccc2Cl)CCN1C(=O)Nc1nc2ccc(C(C)(C)C)cc2[nH]1. The largest absolute Gasteiger partial charge is 0.352 e. The van der Waals surface area contributed by atoms with E-state index in [4.69, 9.17) is 11.6 Å². The summed E-state index contributed by atoms with van der Waals surface area (Å²) in [5.41, 5.74) is 3.02. The van der Waals surface area contributed by atoms with E-state index < -0.39 is 0 Å². The van der Waals surface area contributed by atoms with Crippen LogP contribution in [-0.2, 0) is 5.41 Å². The van der Waals surface area contributed by atoms with Crippen molar-refractivity contribution < 1.29 is 4.79 Å². The van der Waals surface area contributed by atoms with Crippen LogP contribution in [0.5, 0.6) is 0 Å². The van der Waals surface area contributed by atoms with Gasteiger partial charge in [-0.15, -0.1) is 0 Å². The molecule has 0 unspecified atom stereocenters. The highest BCUT2D eigenvalue weighted by atomic mass is 35.5. The van der Waals surface area contributed by atoms with Crippen LogP contribution in [0.3, 0.4) is 0 Å². The molecule has 3 heterocycles. The van der Waals surface area contributed by atoms with Gasteiger partial charge in [-0.05, 0) is 42.2 Å². The van der Waals surface area contributed by atoms with Crippen molar-refractivity contribution in [2.24, 2.45) is 0 Å². The van der Waals surface area contributed by atoms with Crippen LogP contribution in [0, 0.1) is 0 Å². The highest BCUT2D eigenvalue weighted by Crippen LogP contribution is 2.27. The summed E-state index contributed by atoms with van der Waals surface area (Å²) in [6, 6.07) is 9.66. The minimum atomic E-state index is -0.163. The Kier molecular flexibility index (Phi) is 5.32. The zero-order valence-electron chi connectivity index (χ0n) is 17.7. The van der Waals surface area contributed by atoms with Gasteiger partial charge >= 0.3 is 6.03 Å². The van der Waals surface area contributed by atoms with Crippen molar-refractivity contribution >= 4 is 40.4 Å². The molecule has 2 aromatic heterocycles. The zero-order chi connectivity index (χ0) is 21.5. The van der Waals surface area contributed by atoms with Gasteiger partial charge in [0.2, 0.25) is 5.95 Å². The molecule has 30 heavy (non-hydrogen) atoms. The van der Waals surface area contributed by atoms with Gasteiger partial charge in [0, 0.05) is 31.9 Å². The number of anilines is 2. The van der Waals surface area contributed by atoms with Crippen molar-refractivity contribution in [3.63, 3.8) is 0 Å². The van der Waals surface area contributed by atoms with Crippen LogP contribution in [0.4, 0.5) is 16.6 Å². The lowest BCUT2D eigenvalue weighted by Gasteiger charge is -2.40.